The Morgan fingerprint density at radius 2 is 2.00 bits per heavy atom. The van der Waals surface area contributed by atoms with Crippen LogP contribution in [0.1, 0.15) is 11.5 Å². The second-order valence-corrected chi connectivity index (χ2v) is 3.66. The van der Waals surface area contributed by atoms with Crippen LogP contribution in [-0.2, 0) is 0 Å². The van der Waals surface area contributed by atoms with Gasteiger partial charge >= 0.3 is 0 Å². The molecule has 0 amide bonds. The highest BCUT2D eigenvalue weighted by Crippen LogP contribution is 2.28. The van der Waals surface area contributed by atoms with E-state index in [9.17, 15) is 0 Å². The molecule has 0 N–H and O–H groups in total. The number of aromatic nitrogens is 1. The molecule has 0 aliphatic carbocycles. The van der Waals surface area contributed by atoms with Gasteiger partial charge in [-0.3, -0.25) is 0 Å². The van der Waals surface area contributed by atoms with Crippen LogP contribution in [-0.4, -0.2) is 4.98 Å². The summed E-state index contributed by atoms with van der Waals surface area (Å²) in [5.74, 6) is 0.621. The fourth-order valence-electron chi connectivity index (χ4n) is 1.96. The zero-order chi connectivity index (χ0) is 11.1. The summed E-state index contributed by atoms with van der Waals surface area (Å²) >= 11 is 0. The smallest absolute Gasteiger partial charge is 0.192 e. The lowest BCUT2D eigenvalue weighted by Crippen LogP contribution is -1.81. The Hall–Kier alpha value is -2.34. The van der Waals surface area contributed by atoms with Gasteiger partial charge < -0.3 is 4.42 Å². The molecule has 1 aromatic heterocycles. The topological polar surface area (TPSA) is 49.8 Å². The van der Waals surface area contributed by atoms with Gasteiger partial charge in [-0.05, 0) is 0 Å². The number of rotatable bonds is 0. The van der Waals surface area contributed by atoms with Crippen LogP contribution in [0.2, 0.25) is 0 Å². The lowest BCUT2D eigenvalue weighted by atomic mass is 10.0. The molecule has 0 fully saturated rings. The monoisotopic (exact) mass is 208 g/mol. The van der Waals surface area contributed by atoms with Crippen molar-refractivity contribution in [2.45, 2.75) is 6.92 Å². The minimum absolute atomic E-state index is 0.621. The number of benzene rings is 2. The first-order valence-electron chi connectivity index (χ1n) is 4.98. The number of aryl methyl sites for hydroxylation is 1. The molecule has 0 aliphatic heterocycles. The maximum atomic E-state index is 9.09. The van der Waals surface area contributed by atoms with Crippen molar-refractivity contribution in [1.29, 1.82) is 5.26 Å². The zero-order valence-corrected chi connectivity index (χ0v) is 8.69. The molecule has 3 aromatic rings. The summed E-state index contributed by atoms with van der Waals surface area (Å²) in [6.45, 7) is 1.81. The quantitative estimate of drug-likeness (QED) is 0.570. The fourth-order valence-corrected chi connectivity index (χ4v) is 1.96. The Morgan fingerprint density at radius 3 is 2.75 bits per heavy atom. The second-order valence-electron chi connectivity index (χ2n) is 3.66. The van der Waals surface area contributed by atoms with Crippen LogP contribution in [0, 0.1) is 18.3 Å². The fraction of sp³-hybridized carbons (Fsp3) is 0.0769. The first-order chi connectivity index (χ1) is 7.79. The van der Waals surface area contributed by atoms with E-state index in [2.05, 4.69) is 11.1 Å². The molecule has 0 atom stereocenters. The Bertz CT molecular complexity index is 735. The summed E-state index contributed by atoms with van der Waals surface area (Å²) in [4.78, 5) is 4.34. The average Bonchev–Trinajstić information content (AvgIpc) is 2.68. The van der Waals surface area contributed by atoms with Gasteiger partial charge in [-0.25, -0.2) is 4.98 Å². The van der Waals surface area contributed by atoms with Crippen molar-refractivity contribution >= 4 is 21.9 Å². The van der Waals surface area contributed by atoms with E-state index in [-0.39, 0.29) is 0 Å². The van der Waals surface area contributed by atoms with Gasteiger partial charge in [0.2, 0.25) is 0 Å². The van der Waals surface area contributed by atoms with E-state index in [1.807, 2.05) is 24.3 Å². The van der Waals surface area contributed by atoms with Crippen LogP contribution < -0.4 is 0 Å². The highest BCUT2D eigenvalue weighted by atomic mass is 16.3. The predicted molar refractivity (Wildman–Crippen MR) is 61.0 cm³/mol. The number of fused-ring (bicyclic) bond motifs is 3. The van der Waals surface area contributed by atoms with Gasteiger partial charge in [-0.2, -0.15) is 5.26 Å². The summed E-state index contributed by atoms with van der Waals surface area (Å²) in [6.07, 6.45) is 0. The third kappa shape index (κ3) is 1.10. The van der Waals surface area contributed by atoms with Crippen molar-refractivity contribution in [1.82, 2.24) is 4.98 Å². The van der Waals surface area contributed by atoms with E-state index in [1.165, 1.54) is 0 Å². The first-order valence-corrected chi connectivity index (χ1v) is 4.98. The molecule has 2 aromatic carbocycles. The van der Waals surface area contributed by atoms with Gasteiger partial charge in [0.1, 0.15) is 5.52 Å². The summed E-state index contributed by atoms with van der Waals surface area (Å²) in [5, 5.41) is 11.0. The van der Waals surface area contributed by atoms with Gasteiger partial charge in [0.05, 0.1) is 11.6 Å². The highest BCUT2D eigenvalue weighted by molar-refractivity contribution is 6.06. The maximum Gasteiger partial charge on any atom is 0.192 e. The van der Waals surface area contributed by atoms with E-state index in [1.54, 1.807) is 13.0 Å². The molecule has 3 heteroatoms. The molecule has 0 saturated heterocycles. The van der Waals surface area contributed by atoms with Crippen molar-refractivity contribution in [2.24, 2.45) is 0 Å². The molecule has 16 heavy (non-hydrogen) atoms. The summed E-state index contributed by atoms with van der Waals surface area (Å²) < 4.78 is 5.46. The van der Waals surface area contributed by atoms with Crippen LogP contribution in [0.5, 0.6) is 0 Å². The largest absolute Gasteiger partial charge is 0.441 e. The molecule has 3 nitrogen and oxygen atoms in total. The van der Waals surface area contributed by atoms with Crippen molar-refractivity contribution in [2.75, 3.05) is 0 Å². The summed E-state index contributed by atoms with van der Waals surface area (Å²) in [7, 11) is 0. The van der Waals surface area contributed by atoms with Gasteiger partial charge in [0.15, 0.2) is 11.5 Å². The minimum atomic E-state index is 0.621. The molecule has 76 valence electrons. The van der Waals surface area contributed by atoms with Crippen LogP contribution in [0.25, 0.3) is 21.9 Å². The van der Waals surface area contributed by atoms with Gasteiger partial charge in [-0.1, -0.05) is 24.3 Å². The molecule has 0 aliphatic rings. The predicted octanol–water partition coefficient (Wildman–Crippen LogP) is 3.16. The van der Waals surface area contributed by atoms with E-state index in [4.69, 9.17) is 9.68 Å². The Kier molecular flexibility index (Phi) is 1.72. The highest BCUT2D eigenvalue weighted by Gasteiger charge is 2.10. The third-order valence-electron chi connectivity index (χ3n) is 2.63. The minimum Gasteiger partial charge on any atom is -0.441 e. The van der Waals surface area contributed by atoms with E-state index in [0.717, 1.165) is 16.3 Å². The normalized spacial score (nSPS) is 10.8. The molecule has 0 unspecified atom stereocenters. The Balaban J connectivity index is 2.63. The van der Waals surface area contributed by atoms with E-state index >= 15 is 0 Å². The number of nitrogens with zero attached hydrogens (tertiary/aromatic N) is 2. The van der Waals surface area contributed by atoms with Gasteiger partial charge in [-0.15, -0.1) is 0 Å². The van der Waals surface area contributed by atoms with Crippen molar-refractivity contribution in [3.8, 4) is 6.07 Å². The molecule has 3 rings (SSSR count). The molecule has 0 bridgehead atoms. The van der Waals surface area contributed by atoms with Crippen LogP contribution in [0.15, 0.2) is 34.7 Å². The summed E-state index contributed by atoms with van der Waals surface area (Å²) in [6, 6.07) is 11.7. The van der Waals surface area contributed by atoms with Crippen molar-refractivity contribution < 1.29 is 4.42 Å². The van der Waals surface area contributed by atoms with Crippen molar-refractivity contribution in [3.63, 3.8) is 0 Å². The third-order valence-corrected chi connectivity index (χ3v) is 2.63. The number of oxazole rings is 1. The first kappa shape index (κ1) is 8.93. The number of nitriles is 1. The molecule has 0 spiro atoms. The lowest BCUT2D eigenvalue weighted by molar-refractivity contribution is 0.561. The molecular formula is C13H8N2O. The molecule has 1 heterocycles. The van der Waals surface area contributed by atoms with Crippen molar-refractivity contribution in [3.05, 3.63) is 41.8 Å². The maximum absolute atomic E-state index is 9.09. The zero-order valence-electron chi connectivity index (χ0n) is 8.69. The van der Waals surface area contributed by atoms with Crippen LogP contribution in [0.3, 0.4) is 0 Å². The van der Waals surface area contributed by atoms with Crippen LogP contribution in [0.4, 0.5) is 0 Å². The Labute approximate surface area is 91.9 Å². The van der Waals surface area contributed by atoms with E-state index < -0.39 is 0 Å². The SMILES string of the molecule is Cc1nc2c(cc(C#N)c3ccccc32)o1. The molecular weight excluding hydrogens is 200 g/mol. The standard InChI is InChI=1S/C13H8N2O/c1-8-15-13-11-5-3-2-4-10(11)9(7-14)6-12(13)16-8/h2-6H,1H3. The molecule has 0 saturated carbocycles. The summed E-state index contributed by atoms with van der Waals surface area (Å²) in [5.41, 5.74) is 2.12. The average molecular weight is 208 g/mol. The number of hydrogen-bond donors (Lipinski definition) is 0. The van der Waals surface area contributed by atoms with E-state index in [0.29, 0.717) is 17.0 Å². The van der Waals surface area contributed by atoms with Crippen LogP contribution >= 0.6 is 0 Å². The second kappa shape index (κ2) is 3.07. The lowest BCUT2D eigenvalue weighted by Gasteiger charge is -1.99. The van der Waals surface area contributed by atoms with Gasteiger partial charge in [0.25, 0.3) is 0 Å². The Morgan fingerprint density at radius 1 is 1.25 bits per heavy atom. The molecule has 0 radical (unpaired) electrons. The van der Waals surface area contributed by atoms with Gasteiger partial charge in [0, 0.05) is 23.8 Å². The number of hydrogen-bond acceptors (Lipinski definition) is 3.